The summed E-state index contributed by atoms with van der Waals surface area (Å²) in [6.45, 7) is 13.9. The van der Waals surface area contributed by atoms with Crippen molar-refractivity contribution in [3.05, 3.63) is 11.6 Å². The molecule has 0 bridgehead atoms. The molecule has 0 aromatic carbocycles. The Hall–Kier alpha value is -0.396. The molecule has 94 valence electrons. The van der Waals surface area contributed by atoms with Crippen molar-refractivity contribution in [3.8, 4) is 0 Å². The van der Waals surface area contributed by atoms with Gasteiger partial charge in [0.25, 0.3) is 0 Å². The van der Waals surface area contributed by atoms with Gasteiger partial charge >= 0.3 is 14.5 Å². The van der Waals surface area contributed by atoms with Crippen molar-refractivity contribution in [2.75, 3.05) is 0 Å². The maximum absolute atomic E-state index is 11.7. The zero-order chi connectivity index (χ0) is 13.0. The maximum Gasteiger partial charge on any atom is 0.385 e. The van der Waals surface area contributed by atoms with Crippen LogP contribution >= 0.6 is 0 Å². The molecule has 0 radical (unpaired) electrons. The van der Waals surface area contributed by atoms with Gasteiger partial charge in [-0.05, 0) is 46.1 Å². The van der Waals surface area contributed by atoms with Crippen molar-refractivity contribution in [1.29, 1.82) is 0 Å². The van der Waals surface area contributed by atoms with E-state index in [9.17, 15) is 4.79 Å². The van der Waals surface area contributed by atoms with Gasteiger partial charge in [0.05, 0.1) is 0 Å². The quantitative estimate of drug-likeness (QED) is 0.561. The van der Waals surface area contributed by atoms with E-state index in [-0.39, 0.29) is 5.97 Å². The van der Waals surface area contributed by atoms with E-state index in [1.165, 1.54) is 0 Å². The summed E-state index contributed by atoms with van der Waals surface area (Å²) in [4.78, 5) is 11.7. The monoisotopic (exact) mass is 260 g/mol. The zero-order valence-corrected chi connectivity index (χ0v) is 13.5. The molecule has 16 heavy (non-hydrogen) atoms. The molecule has 0 aliphatic heterocycles. The van der Waals surface area contributed by atoms with E-state index < -0.39 is 16.9 Å². The van der Waals surface area contributed by atoms with Crippen LogP contribution in [0.3, 0.4) is 0 Å². The van der Waals surface area contributed by atoms with Gasteiger partial charge in [0.2, 0.25) is 0 Å². The maximum atomic E-state index is 11.7. The third-order valence-electron chi connectivity index (χ3n) is 1.72. The van der Waals surface area contributed by atoms with Crippen LogP contribution in [0, 0.1) is 0 Å². The Bertz CT molecular complexity index is 277. The summed E-state index contributed by atoms with van der Waals surface area (Å²) >= 11 is 0. The molecule has 5 heteroatoms. The van der Waals surface area contributed by atoms with Crippen LogP contribution in [-0.4, -0.2) is 22.8 Å². The Kier molecular flexibility index (Phi) is 5.65. The number of hydrogen-bond acceptors (Lipinski definition) is 3. The summed E-state index contributed by atoms with van der Waals surface area (Å²) in [5.74, 6) is -0.239. The van der Waals surface area contributed by atoms with E-state index in [1.54, 1.807) is 6.92 Å². The predicted octanol–water partition coefficient (Wildman–Crippen LogP) is 3.44. The van der Waals surface area contributed by atoms with Crippen LogP contribution in [0.2, 0.25) is 32.7 Å². The average molecular weight is 260 g/mol. The second-order valence-corrected chi connectivity index (χ2v) is 13.3. The van der Waals surface area contributed by atoms with Crippen LogP contribution in [0.15, 0.2) is 11.6 Å². The van der Waals surface area contributed by atoms with Crippen LogP contribution in [0.25, 0.3) is 0 Å². The lowest BCUT2D eigenvalue weighted by Crippen LogP contribution is -2.46. The molecule has 0 saturated heterocycles. The van der Waals surface area contributed by atoms with E-state index in [4.69, 9.17) is 8.54 Å². The first-order valence-electron chi connectivity index (χ1n) is 5.67. The molecule has 0 rings (SSSR count). The molecule has 0 aromatic rings. The molecule has 0 aliphatic carbocycles. The lowest BCUT2D eigenvalue weighted by atomic mass is 10.2. The first-order valence-corrected chi connectivity index (χ1v) is 11.9. The van der Waals surface area contributed by atoms with Crippen molar-refractivity contribution >= 4 is 22.8 Å². The zero-order valence-electron chi connectivity index (χ0n) is 11.5. The summed E-state index contributed by atoms with van der Waals surface area (Å²) in [6, 6.07) is 0. The Balaban J connectivity index is 4.48. The SMILES string of the molecule is CC/C=C(\C)C(=O)O[Si](C)(C)O[Si](C)(C)C. The number of carbonyl (C=O) groups excluding carboxylic acids is 1. The molecular weight excluding hydrogens is 236 g/mol. The van der Waals surface area contributed by atoms with Crippen molar-refractivity contribution in [1.82, 2.24) is 0 Å². The van der Waals surface area contributed by atoms with Gasteiger partial charge in [0.15, 0.2) is 8.32 Å². The Morgan fingerprint density at radius 2 is 1.69 bits per heavy atom. The minimum absolute atomic E-state index is 0.239. The van der Waals surface area contributed by atoms with Crippen LogP contribution in [-0.2, 0) is 13.3 Å². The van der Waals surface area contributed by atoms with E-state index >= 15 is 0 Å². The normalized spacial score (nSPS) is 13.8. The van der Waals surface area contributed by atoms with Gasteiger partial charge in [-0.15, -0.1) is 0 Å². The molecule has 0 atom stereocenters. The topological polar surface area (TPSA) is 35.5 Å². The van der Waals surface area contributed by atoms with Gasteiger partial charge in [0, 0.05) is 5.57 Å². The van der Waals surface area contributed by atoms with E-state index in [0.717, 1.165) is 6.42 Å². The summed E-state index contributed by atoms with van der Waals surface area (Å²) in [6.07, 6.45) is 2.72. The van der Waals surface area contributed by atoms with Gasteiger partial charge < -0.3 is 8.54 Å². The van der Waals surface area contributed by atoms with Crippen LogP contribution in [0.5, 0.6) is 0 Å². The first-order chi connectivity index (χ1) is 7.07. The van der Waals surface area contributed by atoms with Crippen LogP contribution in [0.4, 0.5) is 0 Å². The van der Waals surface area contributed by atoms with Gasteiger partial charge in [-0.1, -0.05) is 13.0 Å². The van der Waals surface area contributed by atoms with Gasteiger partial charge in [-0.3, -0.25) is 0 Å². The first kappa shape index (κ1) is 15.6. The molecule has 0 aromatic heterocycles. The molecule has 0 amide bonds. The lowest BCUT2D eigenvalue weighted by molar-refractivity contribution is -0.131. The molecule has 0 saturated carbocycles. The Labute approximate surface area is 101 Å². The molecular formula is C11H24O3Si2. The fourth-order valence-corrected chi connectivity index (χ4v) is 8.12. The lowest BCUT2D eigenvalue weighted by Gasteiger charge is -2.30. The summed E-state index contributed by atoms with van der Waals surface area (Å²) in [7, 11) is -3.97. The van der Waals surface area contributed by atoms with Crippen molar-refractivity contribution < 1.29 is 13.3 Å². The summed E-state index contributed by atoms with van der Waals surface area (Å²) in [5.41, 5.74) is 0.669. The Morgan fingerprint density at radius 1 is 1.19 bits per heavy atom. The highest BCUT2D eigenvalue weighted by atomic mass is 28.4. The highest BCUT2D eigenvalue weighted by Gasteiger charge is 2.35. The van der Waals surface area contributed by atoms with E-state index in [2.05, 4.69) is 19.6 Å². The van der Waals surface area contributed by atoms with Crippen LogP contribution < -0.4 is 0 Å². The molecule has 0 N–H and O–H groups in total. The molecule has 0 heterocycles. The number of rotatable bonds is 5. The third-order valence-corrected chi connectivity index (χ3v) is 6.82. The fourth-order valence-electron chi connectivity index (χ4n) is 1.45. The minimum atomic E-state index is -2.32. The molecule has 0 aliphatic rings. The average Bonchev–Trinajstić information content (AvgIpc) is 1.98. The molecule has 0 fully saturated rings. The van der Waals surface area contributed by atoms with Crippen LogP contribution in [0.1, 0.15) is 20.3 Å². The van der Waals surface area contributed by atoms with E-state index in [1.807, 2.05) is 26.1 Å². The number of allylic oxidation sites excluding steroid dienone is 1. The summed E-state index contributed by atoms with van der Waals surface area (Å²) < 4.78 is 11.4. The van der Waals surface area contributed by atoms with Crippen molar-refractivity contribution in [3.63, 3.8) is 0 Å². The van der Waals surface area contributed by atoms with Gasteiger partial charge in [-0.2, -0.15) is 0 Å². The molecule has 0 unspecified atom stereocenters. The summed E-state index contributed by atoms with van der Waals surface area (Å²) in [5, 5.41) is 0. The van der Waals surface area contributed by atoms with E-state index in [0.29, 0.717) is 5.57 Å². The predicted molar refractivity (Wildman–Crippen MR) is 72.1 cm³/mol. The smallest absolute Gasteiger partial charge is 0.385 e. The molecule has 3 nitrogen and oxygen atoms in total. The fraction of sp³-hybridized carbons (Fsp3) is 0.727. The van der Waals surface area contributed by atoms with Crippen molar-refractivity contribution in [2.24, 2.45) is 0 Å². The highest BCUT2D eigenvalue weighted by Crippen LogP contribution is 2.16. The highest BCUT2D eigenvalue weighted by molar-refractivity contribution is 6.82. The van der Waals surface area contributed by atoms with Gasteiger partial charge in [-0.25, -0.2) is 4.79 Å². The minimum Gasteiger partial charge on any atom is -0.492 e. The standard InChI is InChI=1S/C11H24O3Si2/c1-8-9-10(2)11(12)13-16(6,7)14-15(3,4)5/h9H,8H2,1-7H3/b10-9+. The second-order valence-electron chi connectivity index (χ2n) is 5.30. The molecule has 0 spiro atoms. The third kappa shape index (κ3) is 6.97. The number of hydrogen-bond donors (Lipinski definition) is 0. The van der Waals surface area contributed by atoms with Crippen molar-refractivity contribution in [2.45, 2.75) is 53.0 Å². The largest absolute Gasteiger partial charge is 0.492 e. The van der Waals surface area contributed by atoms with Gasteiger partial charge in [0.1, 0.15) is 0 Å². The second kappa shape index (κ2) is 5.79. The Morgan fingerprint density at radius 3 is 2.06 bits per heavy atom. The number of carbonyl (C=O) groups is 1.